The van der Waals surface area contributed by atoms with Gasteiger partial charge in [0.05, 0.1) is 12.0 Å². The van der Waals surface area contributed by atoms with Crippen LogP contribution < -0.4 is 0 Å². The third-order valence-corrected chi connectivity index (χ3v) is 2.44. The van der Waals surface area contributed by atoms with E-state index in [2.05, 4.69) is 13.0 Å². The van der Waals surface area contributed by atoms with E-state index in [1.54, 1.807) is 0 Å². The van der Waals surface area contributed by atoms with Crippen LogP contribution in [0.3, 0.4) is 0 Å². The number of hydrogen-bond acceptors (Lipinski definition) is 2. The van der Waals surface area contributed by atoms with Crippen LogP contribution in [-0.2, 0) is 11.2 Å². The molecule has 0 fully saturated rings. The van der Waals surface area contributed by atoms with E-state index in [1.165, 1.54) is 12.5 Å². The van der Waals surface area contributed by atoms with Gasteiger partial charge < -0.3 is 0 Å². The van der Waals surface area contributed by atoms with Crippen molar-refractivity contribution in [2.75, 3.05) is 0 Å². The van der Waals surface area contributed by atoms with Gasteiger partial charge in [-0.1, -0.05) is 31.2 Å². The molecular weight excluding hydrogens is 186 g/mol. The maximum absolute atomic E-state index is 11.0. The number of nitriles is 1. The van der Waals surface area contributed by atoms with Crippen LogP contribution in [0.2, 0.25) is 0 Å². The predicted octanol–water partition coefficient (Wildman–Crippen LogP) is 2.84. The van der Waals surface area contributed by atoms with Crippen LogP contribution in [0.5, 0.6) is 0 Å². The number of aryl methyl sites for hydroxylation is 1. The molecule has 1 rings (SSSR count). The Morgan fingerprint density at radius 3 is 2.40 bits per heavy atom. The van der Waals surface area contributed by atoms with Gasteiger partial charge in [-0.05, 0) is 24.5 Å². The zero-order valence-corrected chi connectivity index (χ0v) is 9.16. The Morgan fingerprint density at radius 2 is 2.00 bits per heavy atom. The highest BCUT2D eigenvalue weighted by Gasteiger charge is 2.12. The first-order valence-corrected chi connectivity index (χ1v) is 5.15. The molecule has 0 bridgehead atoms. The maximum Gasteiger partial charge on any atom is 0.131 e. The van der Waals surface area contributed by atoms with Crippen LogP contribution in [0.15, 0.2) is 24.3 Å². The van der Waals surface area contributed by atoms with Gasteiger partial charge in [0.15, 0.2) is 0 Å². The number of rotatable bonds is 4. The third-order valence-electron chi connectivity index (χ3n) is 2.44. The average Bonchev–Trinajstić information content (AvgIpc) is 2.26. The number of carbonyl (C=O) groups is 1. The Kier molecular flexibility index (Phi) is 4.05. The van der Waals surface area contributed by atoms with Gasteiger partial charge in [-0.2, -0.15) is 5.26 Å². The summed E-state index contributed by atoms with van der Waals surface area (Å²) < 4.78 is 0. The van der Waals surface area contributed by atoms with E-state index in [-0.39, 0.29) is 11.7 Å². The SMILES string of the molecule is CCc1ccc(C(C#N)CC(C)=O)cc1. The minimum atomic E-state index is -0.298. The molecule has 15 heavy (non-hydrogen) atoms. The molecule has 78 valence electrons. The Balaban J connectivity index is 2.84. The van der Waals surface area contributed by atoms with E-state index < -0.39 is 0 Å². The van der Waals surface area contributed by atoms with Crippen LogP contribution in [0, 0.1) is 11.3 Å². The highest BCUT2D eigenvalue weighted by atomic mass is 16.1. The molecule has 1 aromatic rings. The maximum atomic E-state index is 11.0. The third kappa shape index (κ3) is 3.21. The summed E-state index contributed by atoms with van der Waals surface area (Å²) in [5, 5.41) is 8.95. The molecule has 0 spiro atoms. The summed E-state index contributed by atoms with van der Waals surface area (Å²) in [5.41, 5.74) is 2.18. The number of hydrogen-bond donors (Lipinski definition) is 0. The van der Waals surface area contributed by atoms with Crippen LogP contribution in [0.1, 0.15) is 37.3 Å². The molecule has 0 amide bonds. The van der Waals surface area contributed by atoms with Crippen molar-refractivity contribution in [3.63, 3.8) is 0 Å². The van der Waals surface area contributed by atoms with Crippen LogP contribution in [-0.4, -0.2) is 5.78 Å². The van der Waals surface area contributed by atoms with Crippen LogP contribution >= 0.6 is 0 Å². The van der Waals surface area contributed by atoms with Crippen LogP contribution in [0.25, 0.3) is 0 Å². The Labute approximate surface area is 90.5 Å². The van der Waals surface area contributed by atoms with E-state index in [0.717, 1.165) is 12.0 Å². The Bertz CT molecular complexity index is 373. The second kappa shape index (κ2) is 5.31. The fraction of sp³-hybridized carbons (Fsp3) is 0.385. The molecule has 1 unspecified atom stereocenters. The molecule has 0 aliphatic heterocycles. The number of ketones is 1. The van der Waals surface area contributed by atoms with Gasteiger partial charge >= 0.3 is 0 Å². The van der Waals surface area contributed by atoms with Gasteiger partial charge in [-0.15, -0.1) is 0 Å². The van der Waals surface area contributed by atoms with Crippen LogP contribution in [0.4, 0.5) is 0 Å². The fourth-order valence-corrected chi connectivity index (χ4v) is 1.51. The minimum absolute atomic E-state index is 0.0566. The summed E-state index contributed by atoms with van der Waals surface area (Å²) in [4.78, 5) is 11.0. The summed E-state index contributed by atoms with van der Waals surface area (Å²) in [6.07, 6.45) is 1.30. The monoisotopic (exact) mass is 201 g/mol. The first kappa shape index (κ1) is 11.5. The molecule has 1 aromatic carbocycles. The summed E-state index contributed by atoms with van der Waals surface area (Å²) in [5.74, 6) is -0.241. The molecule has 0 aliphatic carbocycles. The zero-order chi connectivity index (χ0) is 11.3. The first-order chi connectivity index (χ1) is 7.17. The molecule has 0 aliphatic rings. The predicted molar refractivity (Wildman–Crippen MR) is 59.5 cm³/mol. The Hall–Kier alpha value is -1.62. The van der Waals surface area contributed by atoms with Gasteiger partial charge in [0.1, 0.15) is 5.78 Å². The molecule has 2 heteroatoms. The lowest BCUT2D eigenvalue weighted by atomic mass is 9.94. The number of carbonyl (C=O) groups excluding carboxylic acids is 1. The molecule has 0 N–H and O–H groups in total. The molecular formula is C13H15NO. The van der Waals surface area contributed by atoms with Gasteiger partial charge in [-0.25, -0.2) is 0 Å². The molecule has 2 nitrogen and oxygen atoms in total. The lowest BCUT2D eigenvalue weighted by molar-refractivity contribution is -0.117. The van der Waals surface area contributed by atoms with E-state index in [0.29, 0.717) is 6.42 Å². The minimum Gasteiger partial charge on any atom is -0.300 e. The van der Waals surface area contributed by atoms with Crippen molar-refractivity contribution in [1.82, 2.24) is 0 Å². The number of nitrogens with zero attached hydrogens (tertiary/aromatic N) is 1. The van der Waals surface area contributed by atoms with E-state index in [1.807, 2.05) is 24.3 Å². The molecule has 0 saturated carbocycles. The van der Waals surface area contributed by atoms with Crippen molar-refractivity contribution in [3.05, 3.63) is 35.4 Å². The molecule has 0 heterocycles. The molecule has 0 radical (unpaired) electrons. The van der Waals surface area contributed by atoms with E-state index in [9.17, 15) is 4.79 Å². The average molecular weight is 201 g/mol. The smallest absolute Gasteiger partial charge is 0.131 e. The normalized spacial score (nSPS) is 11.8. The van der Waals surface area contributed by atoms with Crippen molar-refractivity contribution >= 4 is 5.78 Å². The standard InChI is InChI=1S/C13H15NO/c1-3-11-4-6-12(7-5-11)13(9-14)8-10(2)15/h4-7,13H,3,8H2,1-2H3. The summed E-state index contributed by atoms with van der Waals surface area (Å²) >= 11 is 0. The van der Waals surface area contributed by atoms with Crippen molar-refractivity contribution < 1.29 is 4.79 Å². The second-order valence-electron chi connectivity index (χ2n) is 3.68. The zero-order valence-electron chi connectivity index (χ0n) is 9.16. The largest absolute Gasteiger partial charge is 0.300 e. The summed E-state index contributed by atoms with van der Waals surface area (Å²) in [6, 6.07) is 10.1. The van der Waals surface area contributed by atoms with Crippen molar-refractivity contribution in [2.24, 2.45) is 0 Å². The summed E-state index contributed by atoms with van der Waals surface area (Å²) in [6.45, 7) is 3.61. The number of benzene rings is 1. The van der Waals surface area contributed by atoms with E-state index >= 15 is 0 Å². The van der Waals surface area contributed by atoms with Crippen molar-refractivity contribution in [3.8, 4) is 6.07 Å². The first-order valence-electron chi connectivity index (χ1n) is 5.15. The van der Waals surface area contributed by atoms with Gasteiger partial charge in [-0.3, -0.25) is 4.79 Å². The summed E-state index contributed by atoms with van der Waals surface area (Å²) in [7, 11) is 0. The Morgan fingerprint density at radius 1 is 1.40 bits per heavy atom. The van der Waals surface area contributed by atoms with Gasteiger partial charge in [0.2, 0.25) is 0 Å². The number of Topliss-reactive ketones (excluding diaryl/α,β-unsaturated/α-hetero) is 1. The lowest BCUT2D eigenvalue weighted by Gasteiger charge is -2.07. The molecule has 1 atom stereocenters. The van der Waals surface area contributed by atoms with Gasteiger partial charge in [0, 0.05) is 6.42 Å². The molecule has 0 aromatic heterocycles. The lowest BCUT2D eigenvalue weighted by Crippen LogP contribution is -2.02. The highest BCUT2D eigenvalue weighted by molar-refractivity contribution is 5.76. The highest BCUT2D eigenvalue weighted by Crippen LogP contribution is 2.19. The topological polar surface area (TPSA) is 40.9 Å². The van der Waals surface area contributed by atoms with Crippen molar-refractivity contribution in [2.45, 2.75) is 32.6 Å². The van der Waals surface area contributed by atoms with Gasteiger partial charge in [0.25, 0.3) is 0 Å². The van der Waals surface area contributed by atoms with E-state index in [4.69, 9.17) is 5.26 Å². The van der Waals surface area contributed by atoms with Crippen molar-refractivity contribution in [1.29, 1.82) is 5.26 Å². The fourth-order valence-electron chi connectivity index (χ4n) is 1.51. The quantitative estimate of drug-likeness (QED) is 0.751. The second-order valence-corrected chi connectivity index (χ2v) is 3.68. The molecule has 0 saturated heterocycles.